The summed E-state index contributed by atoms with van der Waals surface area (Å²) in [5, 5.41) is 14.0. The van der Waals surface area contributed by atoms with Crippen LogP contribution in [0.4, 0.5) is 4.39 Å². The van der Waals surface area contributed by atoms with Crippen LogP contribution in [0.2, 0.25) is 0 Å². The molecule has 170 valence electrons. The maximum atomic E-state index is 14.5. The van der Waals surface area contributed by atoms with E-state index in [2.05, 4.69) is 22.2 Å². The monoisotopic (exact) mass is 429 g/mol. The molecule has 2 fully saturated rings. The van der Waals surface area contributed by atoms with Gasteiger partial charge in [0, 0.05) is 68.8 Å². The molecule has 0 atom stereocenters. The fourth-order valence-corrected chi connectivity index (χ4v) is 4.66. The average Bonchev–Trinajstić information content (AvgIpc) is 2.75. The molecular formula is C25H36FN3O2. The van der Waals surface area contributed by atoms with Crippen LogP contribution in [0, 0.1) is 0 Å². The van der Waals surface area contributed by atoms with Gasteiger partial charge in [0.15, 0.2) is 0 Å². The molecule has 1 aromatic carbocycles. The number of ketones is 1. The van der Waals surface area contributed by atoms with E-state index in [4.69, 9.17) is 0 Å². The van der Waals surface area contributed by atoms with Crippen LogP contribution in [0.25, 0.3) is 0 Å². The van der Waals surface area contributed by atoms with Crippen molar-refractivity contribution in [2.45, 2.75) is 58.2 Å². The fraction of sp³-hybridized carbons (Fsp3) is 0.560. The zero-order valence-electron chi connectivity index (χ0n) is 19.1. The van der Waals surface area contributed by atoms with Crippen molar-refractivity contribution in [3.8, 4) is 5.75 Å². The quantitative estimate of drug-likeness (QED) is 0.643. The van der Waals surface area contributed by atoms with Gasteiger partial charge in [0.05, 0.1) is 0 Å². The third kappa shape index (κ3) is 6.03. The van der Waals surface area contributed by atoms with Gasteiger partial charge in [0.1, 0.15) is 17.4 Å². The Labute approximate surface area is 185 Å². The lowest BCUT2D eigenvalue weighted by atomic mass is 9.75. The van der Waals surface area contributed by atoms with Gasteiger partial charge in [-0.25, -0.2) is 4.39 Å². The highest BCUT2D eigenvalue weighted by molar-refractivity contribution is 5.80. The highest BCUT2D eigenvalue weighted by Gasteiger charge is 2.38. The SMILES string of the molecule is C/C=C\C(=C(/C)F)C1(NCc2ccc(O)c(CN3CCN(C)CC3)c2)CCC(=O)CC1. The molecule has 1 aliphatic heterocycles. The molecule has 3 rings (SSSR count). The van der Waals surface area contributed by atoms with Gasteiger partial charge in [0.25, 0.3) is 0 Å². The topological polar surface area (TPSA) is 55.8 Å². The number of piperazine rings is 1. The summed E-state index contributed by atoms with van der Waals surface area (Å²) < 4.78 is 14.5. The van der Waals surface area contributed by atoms with E-state index in [1.54, 1.807) is 6.07 Å². The Balaban J connectivity index is 1.75. The molecule has 0 spiro atoms. The third-order valence-corrected chi connectivity index (χ3v) is 6.65. The second-order valence-corrected chi connectivity index (χ2v) is 8.96. The molecule has 0 radical (unpaired) electrons. The first-order valence-corrected chi connectivity index (χ1v) is 11.3. The van der Waals surface area contributed by atoms with Crippen molar-refractivity contribution in [1.29, 1.82) is 0 Å². The summed E-state index contributed by atoms with van der Waals surface area (Å²) in [6.07, 6.45) is 5.80. The molecule has 31 heavy (non-hydrogen) atoms. The number of Topliss-reactive ketones (excluding diaryl/α,β-unsaturated/α-hetero) is 1. The molecule has 0 bridgehead atoms. The van der Waals surface area contributed by atoms with Crippen molar-refractivity contribution in [2.75, 3.05) is 33.2 Å². The minimum Gasteiger partial charge on any atom is -0.508 e. The lowest BCUT2D eigenvalue weighted by Gasteiger charge is -2.39. The van der Waals surface area contributed by atoms with E-state index < -0.39 is 5.54 Å². The van der Waals surface area contributed by atoms with E-state index in [0.717, 1.165) is 43.9 Å². The molecule has 0 unspecified atom stereocenters. The summed E-state index contributed by atoms with van der Waals surface area (Å²) in [5.74, 6) is 0.351. The number of phenolic OH excluding ortho intramolecular Hbond substituents is 1. The maximum Gasteiger partial charge on any atom is 0.133 e. The predicted molar refractivity (Wildman–Crippen MR) is 123 cm³/mol. The fourth-order valence-electron chi connectivity index (χ4n) is 4.66. The molecule has 5 nitrogen and oxygen atoms in total. The Morgan fingerprint density at radius 3 is 2.52 bits per heavy atom. The highest BCUT2D eigenvalue weighted by Crippen LogP contribution is 2.36. The van der Waals surface area contributed by atoms with Crippen LogP contribution in [0.1, 0.15) is 50.7 Å². The number of nitrogens with zero attached hydrogens (tertiary/aromatic N) is 2. The molecule has 2 N–H and O–H groups in total. The summed E-state index contributed by atoms with van der Waals surface area (Å²) in [6, 6.07) is 5.71. The Morgan fingerprint density at radius 2 is 1.90 bits per heavy atom. The highest BCUT2D eigenvalue weighted by atomic mass is 19.1. The van der Waals surface area contributed by atoms with Crippen LogP contribution < -0.4 is 5.32 Å². The molecule has 1 aliphatic carbocycles. The zero-order valence-corrected chi connectivity index (χ0v) is 19.1. The number of carbonyl (C=O) groups is 1. The molecule has 0 amide bonds. The predicted octanol–water partition coefficient (Wildman–Crippen LogP) is 3.93. The van der Waals surface area contributed by atoms with Gasteiger partial charge >= 0.3 is 0 Å². The Bertz CT molecular complexity index is 827. The minimum atomic E-state index is -0.547. The number of halogens is 1. The summed E-state index contributed by atoms with van der Waals surface area (Å²) in [4.78, 5) is 16.6. The van der Waals surface area contributed by atoms with Gasteiger partial charge in [-0.3, -0.25) is 9.69 Å². The summed E-state index contributed by atoms with van der Waals surface area (Å²) in [5.41, 5.74) is 2.06. The van der Waals surface area contributed by atoms with E-state index in [1.165, 1.54) is 6.92 Å². The van der Waals surface area contributed by atoms with Gasteiger partial charge in [0.2, 0.25) is 0 Å². The van der Waals surface area contributed by atoms with Gasteiger partial charge in [-0.1, -0.05) is 18.2 Å². The Hall–Kier alpha value is -2.02. The number of aromatic hydroxyl groups is 1. The number of phenols is 1. The maximum absolute atomic E-state index is 14.5. The van der Waals surface area contributed by atoms with Crippen LogP contribution in [0.3, 0.4) is 0 Å². The Morgan fingerprint density at radius 1 is 1.23 bits per heavy atom. The lowest BCUT2D eigenvalue weighted by Crippen LogP contribution is -2.49. The molecule has 0 aromatic heterocycles. The number of likely N-dealkylation sites (N-methyl/N-ethyl adjacent to an activating group) is 1. The number of nitrogens with one attached hydrogen (secondary N) is 1. The van der Waals surface area contributed by atoms with Crippen molar-refractivity contribution < 1.29 is 14.3 Å². The second kappa shape index (κ2) is 10.5. The number of hydrogen-bond acceptors (Lipinski definition) is 5. The van der Waals surface area contributed by atoms with E-state index in [0.29, 0.717) is 43.6 Å². The Kier molecular flexibility index (Phi) is 8.03. The van der Waals surface area contributed by atoms with E-state index >= 15 is 0 Å². The van der Waals surface area contributed by atoms with Crippen molar-refractivity contribution in [3.63, 3.8) is 0 Å². The van der Waals surface area contributed by atoms with Gasteiger partial charge in [-0.2, -0.15) is 0 Å². The number of hydrogen-bond donors (Lipinski definition) is 2. The van der Waals surface area contributed by atoms with Crippen LogP contribution in [0.15, 0.2) is 41.8 Å². The first kappa shape index (κ1) is 23.6. The zero-order chi connectivity index (χ0) is 22.4. The molecule has 1 saturated heterocycles. The molecule has 1 saturated carbocycles. The van der Waals surface area contributed by atoms with Gasteiger partial charge in [-0.05, 0) is 51.4 Å². The van der Waals surface area contributed by atoms with Gasteiger partial charge in [-0.15, -0.1) is 0 Å². The van der Waals surface area contributed by atoms with E-state index in [-0.39, 0.29) is 11.6 Å². The molecule has 6 heteroatoms. The smallest absolute Gasteiger partial charge is 0.133 e. The summed E-state index contributed by atoms with van der Waals surface area (Å²) >= 11 is 0. The first-order chi connectivity index (χ1) is 14.8. The van der Waals surface area contributed by atoms with Crippen molar-refractivity contribution in [2.24, 2.45) is 0 Å². The third-order valence-electron chi connectivity index (χ3n) is 6.65. The standard InChI is InChI=1S/C25H36FN3O2/c1-4-5-23(19(2)26)25(10-8-22(30)9-11-25)27-17-20-6-7-24(31)21(16-20)18-29-14-12-28(3)13-15-29/h4-7,16,27,31H,8-15,17-18H2,1-3H3/b5-4-,23-19-. The van der Waals surface area contributed by atoms with Crippen LogP contribution >= 0.6 is 0 Å². The van der Waals surface area contributed by atoms with Crippen LogP contribution in [-0.2, 0) is 17.9 Å². The largest absolute Gasteiger partial charge is 0.508 e. The molecular weight excluding hydrogens is 393 g/mol. The van der Waals surface area contributed by atoms with Gasteiger partial charge < -0.3 is 15.3 Å². The second-order valence-electron chi connectivity index (χ2n) is 8.96. The van der Waals surface area contributed by atoms with E-state index in [1.807, 2.05) is 31.2 Å². The molecule has 1 heterocycles. The normalized spacial score (nSPS) is 21.5. The number of allylic oxidation sites excluding steroid dienone is 2. The average molecular weight is 430 g/mol. The summed E-state index contributed by atoms with van der Waals surface area (Å²) in [6.45, 7) is 8.70. The van der Waals surface area contributed by atoms with E-state index in [9.17, 15) is 14.3 Å². The van der Waals surface area contributed by atoms with Crippen molar-refractivity contribution in [1.82, 2.24) is 15.1 Å². The number of benzene rings is 1. The van der Waals surface area contributed by atoms with Crippen LogP contribution in [-0.4, -0.2) is 59.5 Å². The molecule has 2 aliphatic rings. The number of rotatable bonds is 7. The molecule has 1 aromatic rings. The van der Waals surface area contributed by atoms with Crippen LogP contribution in [0.5, 0.6) is 5.75 Å². The number of carbonyl (C=O) groups excluding carboxylic acids is 1. The first-order valence-electron chi connectivity index (χ1n) is 11.3. The van der Waals surface area contributed by atoms with Crippen molar-refractivity contribution in [3.05, 3.63) is 52.9 Å². The van der Waals surface area contributed by atoms with Crippen molar-refractivity contribution >= 4 is 5.78 Å². The lowest BCUT2D eigenvalue weighted by molar-refractivity contribution is -0.121. The summed E-state index contributed by atoms with van der Waals surface area (Å²) in [7, 11) is 2.13. The minimum absolute atomic E-state index is 0.207.